The zero-order chi connectivity index (χ0) is 19.9. The number of hydrogen-bond acceptors (Lipinski definition) is 4. The molecule has 28 heavy (non-hydrogen) atoms. The number of nitrogens with zero attached hydrogens (tertiary/aromatic N) is 4. The minimum Gasteiger partial charge on any atom is -0.316 e. The van der Waals surface area contributed by atoms with Gasteiger partial charge in [0, 0.05) is 50.1 Å². The predicted octanol–water partition coefficient (Wildman–Crippen LogP) is 3.22. The van der Waals surface area contributed by atoms with Gasteiger partial charge in [-0.25, -0.2) is 9.80 Å². The fourth-order valence-corrected chi connectivity index (χ4v) is 3.64. The standard InChI is InChI=1S/C21H23N5O2/c1-21(2)10-18(27)25(3)24-19(21)14-4-6-17(7-5-14)23-20(28)26-12-15-8-9-22-11-16(15)13-26/h4-9,11H,10,12-13H2,1-3H3,(H,23,28). The lowest BCUT2D eigenvalue weighted by Crippen LogP contribution is -2.40. The molecule has 1 aromatic heterocycles. The van der Waals surface area contributed by atoms with E-state index in [1.54, 1.807) is 18.1 Å². The van der Waals surface area contributed by atoms with Crippen LogP contribution < -0.4 is 5.32 Å². The number of carbonyl (C=O) groups excluding carboxylic acids is 2. The predicted molar refractivity (Wildman–Crippen MR) is 107 cm³/mol. The molecule has 0 saturated carbocycles. The summed E-state index contributed by atoms with van der Waals surface area (Å²) in [5, 5.41) is 8.81. The largest absolute Gasteiger partial charge is 0.322 e. The Morgan fingerprint density at radius 2 is 1.82 bits per heavy atom. The number of hydrogen-bond donors (Lipinski definition) is 1. The summed E-state index contributed by atoms with van der Waals surface area (Å²) in [6.07, 6.45) is 3.98. The van der Waals surface area contributed by atoms with Crippen molar-refractivity contribution in [1.29, 1.82) is 0 Å². The number of urea groups is 1. The summed E-state index contributed by atoms with van der Waals surface area (Å²) in [5.74, 6) is 0.0134. The number of benzene rings is 1. The molecule has 0 fully saturated rings. The molecule has 1 aromatic carbocycles. The van der Waals surface area contributed by atoms with Crippen molar-refractivity contribution in [3.8, 4) is 0 Å². The average Bonchev–Trinajstić information content (AvgIpc) is 3.09. The first-order chi connectivity index (χ1) is 13.3. The lowest BCUT2D eigenvalue weighted by atomic mass is 9.79. The number of aromatic nitrogens is 1. The molecule has 3 heterocycles. The lowest BCUT2D eigenvalue weighted by Gasteiger charge is -2.33. The normalized spacial score (nSPS) is 18.0. The van der Waals surface area contributed by atoms with Crippen molar-refractivity contribution in [2.24, 2.45) is 10.5 Å². The summed E-state index contributed by atoms with van der Waals surface area (Å²) in [6, 6.07) is 9.42. The van der Waals surface area contributed by atoms with Gasteiger partial charge in [0.15, 0.2) is 0 Å². The van der Waals surface area contributed by atoms with E-state index in [4.69, 9.17) is 0 Å². The lowest BCUT2D eigenvalue weighted by molar-refractivity contribution is -0.132. The van der Waals surface area contributed by atoms with Crippen molar-refractivity contribution in [1.82, 2.24) is 14.9 Å². The Morgan fingerprint density at radius 1 is 1.11 bits per heavy atom. The summed E-state index contributed by atoms with van der Waals surface area (Å²) in [6.45, 7) is 5.20. The minimum atomic E-state index is -0.330. The monoisotopic (exact) mass is 377 g/mol. The van der Waals surface area contributed by atoms with Crippen LogP contribution in [0.3, 0.4) is 0 Å². The zero-order valence-electron chi connectivity index (χ0n) is 16.3. The molecular weight excluding hydrogens is 354 g/mol. The van der Waals surface area contributed by atoms with Gasteiger partial charge in [-0.1, -0.05) is 26.0 Å². The Labute approximate surface area is 164 Å². The van der Waals surface area contributed by atoms with Crippen LogP contribution in [-0.4, -0.2) is 39.6 Å². The van der Waals surface area contributed by atoms with Crippen LogP contribution in [-0.2, 0) is 17.9 Å². The highest BCUT2D eigenvalue weighted by atomic mass is 16.2. The van der Waals surface area contributed by atoms with E-state index in [2.05, 4.69) is 15.4 Å². The van der Waals surface area contributed by atoms with Gasteiger partial charge in [-0.3, -0.25) is 9.78 Å². The second-order valence-electron chi connectivity index (χ2n) is 7.93. The Bertz CT molecular complexity index is 940. The zero-order valence-corrected chi connectivity index (χ0v) is 16.3. The van der Waals surface area contributed by atoms with Gasteiger partial charge in [-0.15, -0.1) is 0 Å². The van der Waals surface area contributed by atoms with E-state index in [9.17, 15) is 9.59 Å². The summed E-state index contributed by atoms with van der Waals surface area (Å²) in [5.41, 5.74) is 4.43. The maximum absolute atomic E-state index is 12.6. The maximum atomic E-state index is 12.6. The summed E-state index contributed by atoms with van der Waals surface area (Å²) in [4.78, 5) is 30.4. The Hall–Kier alpha value is -3.22. The fraction of sp³-hybridized carbons (Fsp3) is 0.333. The molecular formula is C21H23N5O2. The van der Waals surface area contributed by atoms with Crippen LogP contribution in [0.5, 0.6) is 0 Å². The fourth-order valence-electron chi connectivity index (χ4n) is 3.64. The topological polar surface area (TPSA) is 77.9 Å². The first kappa shape index (κ1) is 18.2. The molecule has 7 heteroatoms. The molecule has 2 aliphatic heterocycles. The van der Waals surface area contributed by atoms with Gasteiger partial charge in [0.25, 0.3) is 0 Å². The second-order valence-corrected chi connectivity index (χ2v) is 7.93. The van der Waals surface area contributed by atoms with Gasteiger partial charge in [0.2, 0.25) is 5.91 Å². The molecule has 4 rings (SSSR count). The Morgan fingerprint density at radius 3 is 2.54 bits per heavy atom. The van der Waals surface area contributed by atoms with Crippen molar-refractivity contribution in [3.63, 3.8) is 0 Å². The SMILES string of the molecule is CN1N=C(c2ccc(NC(=O)N3Cc4ccncc4C3)cc2)C(C)(C)CC1=O. The quantitative estimate of drug-likeness (QED) is 0.873. The van der Waals surface area contributed by atoms with Crippen molar-refractivity contribution in [2.75, 3.05) is 12.4 Å². The minimum absolute atomic E-state index is 0.0134. The van der Waals surface area contributed by atoms with Crippen LogP contribution in [0.4, 0.5) is 10.5 Å². The van der Waals surface area contributed by atoms with Crippen molar-refractivity contribution in [2.45, 2.75) is 33.4 Å². The molecule has 0 aliphatic carbocycles. The third kappa shape index (κ3) is 3.35. The van der Waals surface area contributed by atoms with Crippen LogP contribution in [0.1, 0.15) is 37.0 Å². The third-order valence-corrected chi connectivity index (χ3v) is 5.27. The van der Waals surface area contributed by atoms with Gasteiger partial charge in [-0.2, -0.15) is 5.10 Å². The van der Waals surface area contributed by atoms with Crippen LogP contribution in [0, 0.1) is 5.41 Å². The van der Waals surface area contributed by atoms with Crippen molar-refractivity contribution < 1.29 is 9.59 Å². The van der Waals surface area contributed by atoms with E-state index in [1.807, 2.05) is 50.4 Å². The maximum Gasteiger partial charge on any atom is 0.322 e. The van der Waals surface area contributed by atoms with Gasteiger partial charge in [0.1, 0.15) is 0 Å². The first-order valence-corrected chi connectivity index (χ1v) is 9.27. The molecule has 0 spiro atoms. The molecule has 7 nitrogen and oxygen atoms in total. The number of nitrogens with one attached hydrogen (secondary N) is 1. The molecule has 0 bridgehead atoms. The van der Waals surface area contributed by atoms with Gasteiger partial charge < -0.3 is 10.2 Å². The summed E-state index contributed by atoms with van der Waals surface area (Å²) in [7, 11) is 1.68. The summed E-state index contributed by atoms with van der Waals surface area (Å²) >= 11 is 0. The smallest absolute Gasteiger partial charge is 0.316 e. The van der Waals surface area contributed by atoms with E-state index in [1.165, 1.54) is 5.01 Å². The van der Waals surface area contributed by atoms with Gasteiger partial charge in [0.05, 0.1) is 5.71 Å². The molecule has 0 unspecified atom stereocenters. The highest BCUT2D eigenvalue weighted by Gasteiger charge is 2.35. The van der Waals surface area contributed by atoms with Crippen molar-refractivity contribution >= 4 is 23.3 Å². The highest BCUT2D eigenvalue weighted by molar-refractivity contribution is 6.08. The van der Waals surface area contributed by atoms with Crippen LogP contribution in [0.15, 0.2) is 47.8 Å². The van der Waals surface area contributed by atoms with E-state index >= 15 is 0 Å². The number of pyridine rings is 1. The average molecular weight is 377 g/mol. The Balaban J connectivity index is 1.46. The van der Waals surface area contributed by atoms with Crippen LogP contribution >= 0.6 is 0 Å². The first-order valence-electron chi connectivity index (χ1n) is 9.27. The molecule has 3 amide bonds. The highest BCUT2D eigenvalue weighted by Crippen LogP contribution is 2.32. The van der Waals surface area contributed by atoms with Crippen LogP contribution in [0.2, 0.25) is 0 Å². The van der Waals surface area contributed by atoms with E-state index < -0.39 is 0 Å². The number of rotatable bonds is 2. The third-order valence-electron chi connectivity index (χ3n) is 5.27. The number of anilines is 1. The molecule has 1 N–H and O–H groups in total. The second kappa shape index (κ2) is 6.74. The van der Waals surface area contributed by atoms with Gasteiger partial charge in [-0.05, 0) is 34.9 Å². The van der Waals surface area contributed by atoms with Crippen molar-refractivity contribution in [3.05, 3.63) is 59.4 Å². The number of amides is 3. The summed E-state index contributed by atoms with van der Waals surface area (Å²) < 4.78 is 0. The van der Waals surface area contributed by atoms with E-state index in [0.29, 0.717) is 19.5 Å². The Kier molecular flexibility index (Phi) is 4.37. The number of carbonyl (C=O) groups is 2. The number of hydrazone groups is 1. The molecule has 0 saturated heterocycles. The van der Waals surface area contributed by atoms with Gasteiger partial charge >= 0.3 is 6.03 Å². The molecule has 144 valence electrons. The molecule has 0 radical (unpaired) electrons. The van der Waals surface area contributed by atoms with E-state index in [0.717, 1.165) is 28.1 Å². The molecule has 2 aliphatic rings. The van der Waals surface area contributed by atoms with E-state index in [-0.39, 0.29) is 17.4 Å². The van der Waals surface area contributed by atoms with Crippen LogP contribution in [0.25, 0.3) is 0 Å². The molecule has 2 aromatic rings. The molecule has 0 atom stereocenters. The number of fused-ring (bicyclic) bond motifs is 1.